The Hall–Kier alpha value is -0.133. The second kappa shape index (κ2) is 8.92. The van der Waals surface area contributed by atoms with Crippen LogP contribution in [0.2, 0.25) is 18.1 Å². The van der Waals surface area contributed by atoms with E-state index >= 15 is 0 Å². The summed E-state index contributed by atoms with van der Waals surface area (Å²) in [6.07, 6.45) is 2.43. The van der Waals surface area contributed by atoms with Crippen molar-refractivity contribution < 1.29 is 14.0 Å². The third-order valence-corrected chi connectivity index (χ3v) is 8.80. The van der Waals surface area contributed by atoms with Crippen LogP contribution in [0.25, 0.3) is 0 Å². The van der Waals surface area contributed by atoms with Gasteiger partial charge in [0, 0.05) is 6.42 Å². The number of rotatable bonds is 9. The molecule has 19 heavy (non-hydrogen) atoms. The van der Waals surface area contributed by atoms with Crippen LogP contribution in [0.4, 0.5) is 0 Å². The number of carbonyl (C=O) groups excluding carboxylic acids is 1. The largest absolute Gasteiger partial charge is 0.464 e. The average Bonchev–Trinajstić information content (AvgIpc) is 2.43. The summed E-state index contributed by atoms with van der Waals surface area (Å²) in [4.78, 5) is 14.0. The van der Waals surface area contributed by atoms with Gasteiger partial charge in [-0.2, -0.15) is 0 Å². The first-order valence-corrected chi connectivity index (χ1v) is 10.5. The van der Waals surface area contributed by atoms with E-state index in [2.05, 4.69) is 36.7 Å². The molecule has 0 rings (SSSR count). The van der Waals surface area contributed by atoms with Gasteiger partial charge in [-0.25, -0.2) is 4.79 Å². The van der Waals surface area contributed by atoms with Gasteiger partial charge in [-0.3, -0.25) is 0 Å². The maximum Gasteiger partial charge on any atom is 0.337 e. The van der Waals surface area contributed by atoms with Gasteiger partial charge in [0.25, 0.3) is 0 Å². The van der Waals surface area contributed by atoms with Gasteiger partial charge in [-0.05, 0) is 37.0 Å². The Morgan fingerprint density at radius 1 is 1.21 bits per heavy atom. The van der Waals surface area contributed by atoms with Gasteiger partial charge in [0.2, 0.25) is 0 Å². The van der Waals surface area contributed by atoms with E-state index in [0.717, 1.165) is 18.1 Å². The SMILES string of the molecule is CCOC(=O)[C@](C)(C/C=C/Br)O[Si](CC)(CC)CC. The van der Waals surface area contributed by atoms with E-state index in [9.17, 15) is 4.79 Å². The first kappa shape index (κ1) is 18.9. The van der Waals surface area contributed by atoms with Crippen molar-refractivity contribution in [3.05, 3.63) is 11.1 Å². The smallest absolute Gasteiger partial charge is 0.337 e. The Morgan fingerprint density at radius 2 is 1.74 bits per heavy atom. The molecule has 112 valence electrons. The van der Waals surface area contributed by atoms with E-state index in [1.807, 2.05) is 19.9 Å². The normalized spacial score (nSPS) is 15.5. The van der Waals surface area contributed by atoms with Crippen molar-refractivity contribution in [3.63, 3.8) is 0 Å². The molecule has 0 aromatic carbocycles. The lowest BCUT2D eigenvalue weighted by Gasteiger charge is -2.38. The number of carbonyl (C=O) groups is 1. The van der Waals surface area contributed by atoms with Crippen LogP contribution in [0.5, 0.6) is 0 Å². The summed E-state index contributed by atoms with van der Waals surface area (Å²) in [6, 6.07) is 3.06. The second-order valence-corrected chi connectivity index (χ2v) is 10.1. The molecule has 0 aromatic heterocycles. The predicted molar refractivity (Wildman–Crippen MR) is 86.0 cm³/mol. The Morgan fingerprint density at radius 3 is 2.11 bits per heavy atom. The molecule has 0 aliphatic carbocycles. The lowest BCUT2D eigenvalue weighted by Crippen LogP contribution is -2.50. The van der Waals surface area contributed by atoms with E-state index in [4.69, 9.17) is 9.16 Å². The minimum Gasteiger partial charge on any atom is -0.464 e. The van der Waals surface area contributed by atoms with Gasteiger partial charge in [0.05, 0.1) is 6.61 Å². The Kier molecular flexibility index (Phi) is 8.86. The molecule has 5 heteroatoms. The molecule has 0 heterocycles. The minimum atomic E-state index is -1.84. The summed E-state index contributed by atoms with van der Waals surface area (Å²) in [5, 5.41) is 0. The average molecular weight is 351 g/mol. The first-order chi connectivity index (χ1) is 8.93. The van der Waals surface area contributed by atoms with Crippen molar-refractivity contribution in [2.24, 2.45) is 0 Å². The van der Waals surface area contributed by atoms with E-state index in [0.29, 0.717) is 13.0 Å². The molecule has 0 aromatic rings. The summed E-state index contributed by atoms with van der Waals surface area (Å²) >= 11 is 3.24. The Bertz CT molecular complexity index is 295. The maximum absolute atomic E-state index is 12.2. The summed E-state index contributed by atoms with van der Waals surface area (Å²) < 4.78 is 11.6. The van der Waals surface area contributed by atoms with Gasteiger partial charge in [-0.1, -0.05) is 42.8 Å². The molecule has 0 saturated carbocycles. The highest BCUT2D eigenvalue weighted by Gasteiger charge is 2.43. The van der Waals surface area contributed by atoms with Crippen LogP contribution in [-0.4, -0.2) is 26.5 Å². The maximum atomic E-state index is 12.2. The molecular weight excluding hydrogens is 324 g/mol. The molecule has 0 fully saturated rings. The lowest BCUT2D eigenvalue weighted by atomic mass is 10.0. The highest BCUT2D eigenvalue weighted by Crippen LogP contribution is 2.31. The Balaban J connectivity index is 5.18. The van der Waals surface area contributed by atoms with Crippen LogP contribution in [0.15, 0.2) is 11.1 Å². The molecule has 0 amide bonds. The fraction of sp³-hybridized carbons (Fsp3) is 0.786. The first-order valence-electron chi connectivity index (χ1n) is 7.06. The zero-order chi connectivity index (χ0) is 14.9. The quantitative estimate of drug-likeness (QED) is 0.449. The lowest BCUT2D eigenvalue weighted by molar-refractivity contribution is -0.161. The van der Waals surface area contributed by atoms with Crippen molar-refractivity contribution in [3.8, 4) is 0 Å². The third-order valence-electron chi connectivity index (χ3n) is 3.68. The van der Waals surface area contributed by atoms with E-state index in [1.165, 1.54) is 0 Å². The fourth-order valence-electron chi connectivity index (χ4n) is 2.16. The Labute approximate surface area is 127 Å². The second-order valence-electron chi connectivity index (χ2n) is 4.86. The van der Waals surface area contributed by atoms with Gasteiger partial charge in [0.1, 0.15) is 0 Å². The van der Waals surface area contributed by atoms with Gasteiger partial charge < -0.3 is 9.16 Å². The zero-order valence-electron chi connectivity index (χ0n) is 12.8. The third kappa shape index (κ3) is 5.40. The number of esters is 1. The van der Waals surface area contributed by atoms with Crippen molar-refractivity contribution in [1.29, 1.82) is 0 Å². The zero-order valence-corrected chi connectivity index (χ0v) is 15.4. The number of halogens is 1. The summed E-state index contributed by atoms with van der Waals surface area (Å²) in [5.74, 6) is -0.257. The van der Waals surface area contributed by atoms with Crippen molar-refractivity contribution >= 4 is 30.2 Å². The molecule has 0 aliphatic rings. The summed E-state index contributed by atoms with van der Waals surface area (Å²) in [5.41, 5.74) is -0.867. The van der Waals surface area contributed by atoms with E-state index in [1.54, 1.807) is 4.99 Å². The molecule has 1 atom stereocenters. The number of ether oxygens (including phenoxy) is 1. The molecule has 0 aliphatic heterocycles. The number of hydrogen-bond acceptors (Lipinski definition) is 3. The highest BCUT2D eigenvalue weighted by atomic mass is 79.9. The van der Waals surface area contributed by atoms with Crippen molar-refractivity contribution in [1.82, 2.24) is 0 Å². The van der Waals surface area contributed by atoms with Crippen LogP contribution in [-0.2, 0) is 14.0 Å². The molecular formula is C14H27BrO3Si. The van der Waals surface area contributed by atoms with E-state index < -0.39 is 13.9 Å². The molecule has 0 spiro atoms. The number of hydrogen-bond donors (Lipinski definition) is 0. The molecule has 0 saturated heterocycles. The van der Waals surface area contributed by atoms with E-state index in [-0.39, 0.29) is 5.97 Å². The van der Waals surface area contributed by atoms with Crippen molar-refractivity contribution in [2.45, 2.75) is 64.8 Å². The topological polar surface area (TPSA) is 35.5 Å². The molecule has 3 nitrogen and oxygen atoms in total. The summed E-state index contributed by atoms with van der Waals surface area (Å²) in [7, 11) is -1.84. The minimum absolute atomic E-state index is 0.257. The monoisotopic (exact) mass is 350 g/mol. The van der Waals surface area contributed by atoms with Gasteiger partial charge >= 0.3 is 5.97 Å². The van der Waals surface area contributed by atoms with Crippen LogP contribution < -0.4 is 0 Å². The summed E-state index contributed by atoms with van der Waals surface area (Å²) in [6.45, 7) is 10.5. The van der Waals surface area contributed by atoms with Crippen LogP contribution in [0.1, 0.15) is 41.0 Å². The van der Waals surface area contributed by atoms with Crippen molar-refractivity contribution in [2.75, 3.05) is 6.61 Å². The van der Waals surface area contributed by atoms with Crippen LogP contribution >= 0.6 is 15.9 Å². The van der Waals surface area contributed by atoms with Gasteiger partial charge in [0.15, 0.2) is 13.9 Å². The van der Waals surface area contributed by atoms with Gasteiger partial charge in [-0.15, -0.1) is 0 Å². The molecule has 0 radical (unpaired) electrons. The van der Waals surface area contributed by atoms with Crippen LogP contribution in [0, 0.1) is 0 Å². The highest BCUT2D eigenvalue weighted by molar-refractivity contribution is 9.11. The van der Waals surface area contributed by atoms with Crippen LogP contribution in [0.3, 0.4) is 0 Å². The predicted octanol–water partition coefficient (Wildman–Crippen LogP) is 4.63. The molecule has 0 N–H and O–H groups in total. The standard InChI is InChI=1S/C14H27BrO3Si/c1-6-17-13(16)14(5,11-10-12-15)18-19(7-2,8-3)9-4/h10,12H,6-9,11H2,1-5H3/b12-10+/t14-/m0/s1. The molecule has 0 unspecified atom stereocenters. The molecule has 0 bridgehead atoms. The fourth-order valence-corrected chi connectivity index (χ4v) is 5.41.